The monoisotopic (exact) mass is 290 g/mol. The standard InChI is InChI=1S/C15H22N4O2/c1-11-6-12(2)19(16-11)10-15-9-18(4-5-20-15)8-14-7-13(3)21-17-14/h6-7,15H,4-5,8-10H2,1-3H3/t15-/m1/s1. The molecule has 0 saturated carbocycles. The van der Waals surface area contributed by atoms with Gasteiger partial charge in [0, 0.05) is 31.4 Å². The van der Waals surface area contributed by atoms with E-state index >= 15 is 0 Å². The molecule has 6 heteroatoms. The molecule has 21 heavy (non-hydrogen) atoms. The first-order valence-electron chi connectivity index (χ1n) is 7.37. The lowest BCUT2D eigenvalue weighted by Gasteiger charge is -2.32. The van der Waals surface area contributed by atoms with Crippen molar-refractivity contribution in [3.05, 3.63) is 35.0 Å². The van der Waals surface area contributed by atoms with E-state index in [-0.39, 0.29) is 6.10 Å². The van der Waals surface area contributed by atoms with Gasteiger partial charge in [-0.2, -0.15) is 5.10 Å². The van der Waals surface area contributed by atoms with E-state index in [1.165, 1.54) is 5.69 Å². The Morgan fingerprint density at radius 2 is 2.14 bits per heavy atom. The highest BCUT2D eigenvalue weighted by Gasteiger charge is 2.22. The van der Waals surface area contributed by atoms with Gasteiger partial charge in [-0.1, -0.05) is 5.16 Å². The Morgan fingerprint density at radius 3 is 2.81 bits per heavy atom. The highest BCUT2D eigenvalue weighted by atomic mass is 16.5. The van der Waals surface area contributed by atoms with E-state index in [0.717, 1.165) is 49.9 Å². The lowest BCUT2D eigenvalue weighted by atomic mass is 10.2. The van der Waals surface area contributed by atoms with E-state index in [0.29, 0.717) is 0 Å². The molecule has 2 aromatic rings. The lowest BCUT2D eigenvalue weighted by molar-refractivity contribution is -0.0410. The van der Waals surface area contributed by atoms with Crippen molar-refractivity contribution in [1.82, 2.24) is 19.8 Å². The Hall–Kier alpha value is -1.66. The minimum Gasteiger partial charge on any atom is -0.374 e. The predicted octanol–water partition coefficient (Wildman–Crippen LogP) is 1.70. The van der Waals surface area contributed by atoms with Gasteiger partial charge in [-0.25, -0.2) is 0 Å². The first kappa shape index (κ1) is 14.3. The van der Waals surface area contributed by atoms with E-state index in [2.05, 4.69) is 28.1 Å². The van der Waals surface area contributed by atoms with Crippen LogP contribution in [0.5, 0.6) is 0 Å². The number of hydrogen-bond acceptors (Lipinski definition) is 5. The number of morpholine rings is 1. The van der Waals surface area contributed by atoms with Crippen LogP contribution < -0.4 is 0 Å². The summed E-state index contributed by atoms with van der Waals surface area (Å²) in [4.78, 5) is 2.36. The Balaban J connectivity index is 1.59. The van der Waals surface area contributed by atoms with Crippen molar-refractivity contribution in [3.63, 3.8) is 0 Å². The fraction of sp³-hybridized carbons (Fsp3) is 0.600. The third-order valence-electron chi connectivity index (χ3n) is 3.77. The molecule has 1 saturated heterocycles. The van der Waals surface area contributed by atoms with Gasteiger partial charge in [0.15, 0.2) is 0 Å². The second kappa shape index (κ2) is 5.99. The van der Waals surface area contributed by atoms with E-state index in [4.69, 9.17) is 9.26 Å². The fourth-order valence-corrected chi connectivity index (χ4v) is 2.81. The van der Waals surface area contributed by atoms with Gasteiger partial charge in [-0.05, 0) is 26.8 Å². The van der Waals surface area contributed by atoms with Crippen LogP contribution in [0.3, 0.4) is 0 Å². The minimum absolute atomic E-state index is 0.171. The van der Waals surface area contributed by atoms with Gasteiger partial charge in [-0.3, -0.25) is 9.58 Å². The maximum Gasteiger partial charge on any atom is 0.133 e. The van der Waals surface area contributed by atoms with Crippen LogP contribution in [0.1, 0.15) is 22.8 Å². The molecule has 0 amide bonds. The Morgan fingerprint density at radius 1 is 1.29 bits per heavy atom. The molecule has 6 nitrogen and oxygen atoms in total. The van der Waals surface area contributed by atoms with Crippen molar-refractivity contribution in [2.75, 3.05) is 19.7 Å². The van der Waals surface area contributed by atoms with Gasteiger partial charge in [0.1, 0.15) is 5.76 Å². The molecule has 1 fully saturated rings. The Labute approximate surface area is 124 Å². The SMILES string of the molecule is Cc1cc(C)n(C[C@H]2CN(Cc3cc(C)on3)CCO2)n1. The Kier molecular flexibility index (Phi) is 4.07. The van der Waals surface area contributed by atoms with Crippen LogP contribution in [0.2, 0.25) is 0 Å². The normalized spacial score (nSPS) is 20.0. The van der Waals surface area contributed by atoms with Crippen molar-refractivity contribution in [1.29, 1.82) is 0 Å². The molecule has 0 N–H and O–H groups in total. The molecule has 0 radical (unpaired) electrons. The number of aromatic nitrogens is 3. The van der Waals surface area contributed by atoms with Crippen molar-refractivity contribution < 1.29 is 9.26 Å². The van der Waals surface area contributed by atoms with E-state index in [1.807, 2.05) is 24.6 Å². The highest BCUT2D eigenvalue weighted by molar-refractivity contribution is 5.07. The van der Waals surface area contributed by atoms with Crippen molar-refractivity contribution >= 4 is 0 Å². The van der Waals surface area contributed by atoms with Crippen LogP contribution in [0.25, 0.3) is 0 Å². The molecule has 0 spiro atoms. The van der Waals surface area contributed by atoms with Crippen LogP contribution in [-0.2, 0) is 17.8 Å². The van der Waals surface area contributed by atoms with Crippen LogP contribution in [0.4, 0.5) is 0 Å². The van der Waals surface area contributed by atoms with Gasteiger partial charge in [0.25, 0.3) is 0 Å². The van der Waals surface area contributed by atoms with Crippen LogP contribution in [0.15, 0.2) is 16.7 Å². The molecule has 0 unspecified atom stereocenters. The topological polar surface area (TPSA) is 56.3 Å². The van der Waals surface area contributed by atoms with E-state index < -0.39 is 0 Å². The third kappa shape index (κ3) is 3.51. The summed E-state index contributed by atoms with van der Waals surface area (Å²) in [7, 11) is 0. The van der Waals surface area contributed by atoms with Crippen molar-refractivity contribution in [2.45, 2.75) is 40.0 Å². The third-order valence-corrected chi connectivity index (χ3v) is 3.77. The lowest BCUT2D eigenvalue weighted by Crippen LogP contribution is -2.44. The molecule has 1 atom stereocenters. The summed E-state index contributed by atoms with van der Waals surface area (Å²) >= 11 is 0. The smallest absolute Gasteiger partial charge is 0.133 e. The predicted molar refractivity (Wildman–Crippen MR) is 78.0 cm³/mol. The average Bonchev–Trinajstić information content (AvgIpc) is 2.96. The minimum atomic E-state index is 0.171. The molecule has 114 valence electrons. The van der Waals surface area contributed by atoms with Crippen LogP contribution in [-0.4, -0.2) is 45.6 Å². The van der Waals surface area contributed by atoms with Gasteiger partial charge >= 0.3 is 0 Å². The maximum atomic E-state index is 5.87. The molecule has 0 aromatic carbocycles. The quantitative estimate of drug-likeness (QED) is 0.858. The molecular formula is C15H22N4O2. The molecule has 0 bridgehead atoms. The van der Waals surface area contributed by atoms with Gasteiger partial charge in [0.05, 0.1) is 30.6 Å². The molecular weight excluding hydrogens is 268 g/mol. The summed E-state index contributed by atoms with van der Waals surface area (Å²) in [5.74, 6) is 0.859. The largest absolute Gasteiger partial charge is 0.374 e. The van der Waals surface area contributed by atoms with E-state index in [1.54, 1.807) is 0 Å². The zero-order valence-corrected chi connectivity index (χ0v) is 12.9. The highest BCUT2D eigenvalue weighted by Crippen LogP contribution is 2.13. The zero-order chi connectivity index (χ0) is 14.8. The number of ether oxygens (including phenoxy) is 1. The number of nitrogens with zero attached hydrogens (tertiary/aromatic N) is 4. The molecule has 1 aliphatic rings. The summed E-state index contributed by atoms with van der Waals surface area (Å²) in [6, 6.07) is 4.09. The molecule has 3 rings (SSSR count). The fourth-order valence-electron chi connectivity index (χ4n) is 2.81. The van der Waals surface area contributed by atoms with E-state index in [9.17, 15) is 0 Å². The van der Waals surface area contributed by atoms with Gasteiger partial charge in [-0.15, -0.1) is 0 Å². The summed E-state index contributed by atoms with van der Waals surface area (Å²) < 4.78 is 13.0. The maximum absolute atomic E-state index is 5.87. The second-order valence-electron chi connectivity index (χ2n) is 5.77. The van der Waals surface area contributed by atoms with Crippen LogP contribution >= 0.6 is 0 Å². The summed E-state index contributed by atoms with van der Waals surface area (Å²) in [6.45, 7) is 10.2. The first-order valence-corrected chi connectivity index (χ1v) is 7.37. The van der Waals surface area contributed by atoms with Crippen molar-refractivity contribution in [2.24, 2.45) is 0 Å². The summed E-state index contributed by atoms with van der Waals surface area (Å²) in [5, 5.41) is 8.57. The van der Waals surface area contributed by atoms with Crippen molar-refractivity contribution in [3.8, 4) is 0 Å². The summed E-state index contributed by atoms with van der Waals surface area (Å²) in [6.07, 6.45) is 0.171. The summed E-state index contributed by atoms with van der Waals surface area (Å²) in [5.41, 5.74) is 3.22. The van der Waals surface area contributed by atoms with Gasteiger partial charge < -0.3 is 9.26 Å². The van der Waals surface area contributed by atoms with Crippen LogP contribution in [0, 0.1) is 20.8 Å². The second-order valence-corrected chi connectivity index (χ2v) is 5.77. The number of aryl methyl sites for hydroxylation is 3. The molecule has 0 aliphatic carbocycles. The first-order chi connectivity index (χ1) is 10.1. The molecule has 2 aromatic heterocycles. The molecule has 1 aliphatic heterocycles. The van der Waals surface area contributed by atoms with Gasteiger partial charge in [0.2, 0.25) is 0 Å². The Bertz CT molecular complexity index is 605. The molecule has 3 heterocycles. The number of rotatable bonds is 4. The number of hydrogen-bond donors (Lipinski definition) is 0. The zero-order valence-electron chi connectivity index (χ0n) is 12.9. The average molecular weight is 290 g/mol.